The van der Waals surface area contributed by atoms with E-state index in [0.717, 1.165) is 68.9 Å². The Hall–Kier alpha value is -2.03. The van der Waals surface area contributed by atoms with Gasteiger partial charge in [-0.05, 0) is 37.5 Å². The average molecular weight is 433 g/mol. The molecule has 0 aromatic carbocycles. The normalized spacial score (nSPS) is 17.3. The molecule has 9 heteroatoms. The number of aryl methyl sites for hydroxylation is 2. The molecular weight excluding hydrogens is 396 g/mol. The zero-order chi connectivity index (χ0) is 21.5. The number of nitrogens with one attached hydrogen (secondary N) is 1. The fourth-order valence-corrected chi connectivity index (χ4v) is 4.45. The van der Waals surface area contributed by atoms with E-state index < -0.39 is 0 Å². The molecule has 1 atom stereocenters. The minimum atomic E-state index is 0.530. The lowest BCUT2D eigenvalue weighted by molar-refractivity contribution is 0.476. The third-order valence-electron chi connectivity index (χ3n) is 5.36. The molecule has 3 heterocycles. The van der Waals surface area contributed by atoms with Crippen LogP contribution in [0.3, 0.4) is 0 Å². The molecule has 0 radical (unpaired) electrons. The van der Waals surface area contributed by atoms with Crippen LogP contribution in [-0.4, -0.2) is 67.8 Å². The molecule has 1 aliphatic heterocycles. The molecule has 0 saturated carbocycles. The average Bonchev–Trinajstić information content (AvgIpc) is 3.44. The number of aliphatic imine (C=N–C) groups is 1. The number of hydrogen-bond donors (Lipinski definition) is 1. The van der Waals surface area contributed by atoms with Crippen molar-refractivity contribution in [3.05, 3.63) is 23.8 Å². The van der Waals surface area contributed by atoms with Crippen LogP contribution in [0.5, 0.6) is 0 Å². The van der Waals surface area contributed by atoms with E-state index >= 15 is 0 Å². The summed E-state index contributed by atoms with van der Waals surface area (Å²) >= 11 is 1.66. The van der Waals surface area contributed by atoms with Crippen LogP contribution < -0.4 is 5.32 Å². The molecule has 1 N–H and O–H groups in total. The summed E-state index contributed by atoms with van der Waals surface area (Å²) in [5.74, 6) is 3.21. The van der Waals surface area contributed by atoms with Crippen molar-refractivity contribution >= 4 is 17.7 Å². The summed E-state index contributed by atoms with van der Waals surface area (Å²) in [6.07, 6.45) is 9.21. The highest BCUT2D eigenvalue weighted by Gasteiger charge is 2.26. The Kier molecular flexibility index (Phi) is 8.18. The molecule has 30 heavy (non-hydrogen) atoms. The predicted octanol–water partition coefficient (Wildman–Crippen LogP) is 2.78. The Balaban J connectivity index is 1.56. The van der Waals surface area contributed by atoms with Crippen LogP contribution >= 0.6 is 11.8 Å². The van der Waals surface area contributed by atoms with E-state index in [1.54, 1.807) is 11.8 Å². The van der Waals surface area contributed by atoms with Crippen molar-refractivity contribution in [1.82, 2.24) is 34.8 Å². The number of aromatic nitrogens is 5. The summed E-state index contributed by atoms with van der Waals surface area (Å²) in [7, 11) is 1.98. The molecule has 2 aromatic heterocycles. The molecule has 2 aromatic rings. The van der Waals surface area contributed by atoms with E-state index in [9.17, 15) is 0 Å². The summed E-state index contributed by atoms with van der Waals surface area (Å²) in [4.78, 5) is 7.29. The molecule has 8 nitrogen and oxygen atoms in total. The number of guanidine groups is 1. The molecule has 0 aliphatic carbocycles. The lowest BCUT2D eigenvalue weighted by atomic mass is 10.0. The first-order valence-electron chi connectivity index (χ1n) is 11.0. The number of hydrogen-bond acceptors (Lipinski definition) is 5. The van der Waals surface area contributed by atoms with Crippen LogP contribution in [0.2, 0.25) is 0 Å². The Labute approximate surface area is 184 Å². The minimum absolute atomic E-state index is 0.530. The second kappa shape index (κ2) is 10.8. The summed E-state index contributed by atoms with van der Waals surface area (Å²) in [6.45, 7) is 11.3. The van der Waals surface area contributed by atoms with Gasteiger partial charge in [-0.15, -0.1) is 10.2 Å². The molecule has 1 aliphatic rings. The van der Waals surface area contributed by atoms with Crippen LogP contribution in [0.25, 0.3) is 0 Å². The van der Waals surface area contributed by atoms with Crippen LogP contribution in [0.15, 0.2) is 22.5 Å². The van der Waals surface area contributed by atoms with Gasteiger partial charge < -0.3 is 14.8 Å². The van der Waals surface area contributed by atoms with E-state index in [1.165, 1.54) is 5.56 Å². The van der Waals surface area contributed by atoms with E-state index in [0.29, 0.717) is 11.8 Å². The van der Waals surface area contributed by atoms with E-state index in [4.69, 9.17) is 4.99 Å². The van der Waals surface area contributed by atoms with Crippen LogP contribution in [0, 0.1) is 5.92 Å². The monoisotopic (exact) mass is 432 g/mol. The Morgan fingerprint density at radius 3 is 2.87 bits per heavy atom. The standard InChI is InChI=1S/C21H36N8S/c1-6-22-20(28-11-9-17(15-28)18-12-24-27(4)14-18)23-10-7-8-19-25-26-21(30-5)29(19)13-16(2)3/h12,14,16-17H,6-11,13,15H2,1-5H3,(H,22,23). The van der Waals surface area contributed by atoms with Gasteiger partial charge in [-0.25, -0.2) is 0 Å². The maximum atomic E-state index is 4.91. The first-order valence-corrected chi connectivity index (χ1v) is 12.2. The maximum absolute atomic E-state index is 4.91. The topological polar surface area (TPSA) is 76.2 Å². The van der Waals surface area contributed by atoms with Gasteiger partial charge in [0, 0.05) is 58.3 Å². The minimum Gasteiger partial charge on any atom is -0.357 e. The fraction of sp³-hybridized carbons (Fsp3) is 0.714. The largest absolute Gasteiger partial charge is 0.357 e. The second-order valence-electron chi connectivity index (χ2n) is 8.33. The number of nitrogens with zero attached hydrogens (tertiary/aromatic N) is 7. The number of likely N-dealkylation sites (tertiary alicyclic amines) is 1. The van der Waals surface area contributed by atoms with Gasteiger partial charge in [0.1, 0.15) is 5.82 Å². The predicted molar refractivity (Wildman–Crippen MR) is 123 cm³/mol. The summed E-state index contributed by atoms with van der Waals surface area (Å²) in [6, 6.07) is 0. The molecule has 1 fully saturated rings. The molecule has 0 amide bonds. The summed E-state index contributed by atoms with van der Waals surface area (Å²) in [5.41, 5.74) is 1.32. The van der Waals surface area contributed by atoms with Gasteiger partial charge in [0.2, 0.25) is 0 Å². The maximum Gasteiger partial charge on any atom is 0.193 e. The smallest absolute Gasteiger partial charge is 0.193 e. The van der Waals surface area contributed by atoms with E-state index in [2.05, 4.69) is 63.3 Å². The SMILES string of the molecule is CCNC(=NCCCc1nnc(SC)n1CC(C)C)N1CCC(c2cnn(C)c2)C1. The first-order chi connectivity index (χ1) is 14.5. The molecule has 0 bridgehead atoms. The van der Waals surface area contributed by atoms with Crippen molar-refractivity contribution in [1.29, 1.82) is 0 Å². The lowest BCUT2D eigenvalue weighted by Crippen LogP contribution is -2.40. The summed E-state index contributed by atoms with van der Waals surface area (Å²) < 4.78 is 4.15. The Morgan fingerprint density at radius 1 is 1.37 bits per heavy atom. The molecule has 0 spiro atoms. The van der Waals surface area contributed by atoms with Gasteiger partial charge in [-0.3, -0.25) is 9.67 Å². The van der Waals surface area contributed by atoms with Crippen molar-refractivity contribution in [2.45, 2.75) is 57.7 Å². The Bertz CT molecular complexity index is 825. The van der Waals surface area contributed by atoms with Crippen LogP contribution in [0.4, 0.5) is 0 Å². The van der Waals surface area contributed by atoms with Gasteiger partial charge in [0.05, 0.1) is 6.20 Å². The third-order valence-corrected chi connectivity index (χ3v) is 6.03. The molecule has 1 saturated heterocycles. The quantitative estimate of drug-likeness (QED) is 0.284. The third kappa shape index (κ3) is 5.77. The van der Waals surface area contributed by atoms with Crippen LogP contribution in [-0.2, 0) is 20.0 Å². The fourth-order valence-electron chi connectivity index (χ4n) is 3.93. The van der Waals surface area contributed by atoms with Crippen molar-refractivity contribution in [2.75, 3.05) is 32.4 Å². The van der Waals surface area contributed by atoms with Gasteiger partial charge in [0.25, 0.3) is 0 Å². The zero-order valence-corrected chi connectivity index (χ0v) is 19.8. The van der Waals surface area contributed by atoms with Crippen molar-refractivity contribution < 1.29 is 0 Å². The first kappa shape index (κ1) is 22.7. The highest BCUT2D eigenvalue weighted by Crippen LogP contribution is 2.26. The van der Waals surface area contributed by atoms with Crippen molar-refractivity contribution in [2.24, 2.45) is 18.0 Å². The highest BCUT2D eigenvalue weighted by molar-refractivity contribution is 7.98. The molecule has 166 valence electrons. The van der Waals surface area contributed by atoms with E-state index in [-0.39, 0.29) is 0 Å². The molecular formula is C21H36N8S. The molecule has 1 unspecified atom stereocenters. The lowest BCUT2D eigenvalue weighted by Gasteiger charge is -2.21. The molecule has 3 rings (SSSR count). The zero-order valence-electron chi connectivity index (χ0n) is 19.0. The van der Waals surface area contributed by atoms with Crippen molar-refractivity contribution in [3.63, 3.8) is 0 Å². The van der Waals surface area contributed by atoms with Gasteiger partial charge in [-0.2, -0.15) is 5.10 Å². The highest BCUT2D eigenvalue weighted by atomic mass is 32.2. The van der Waals surface area contributed by atoms with Crippen LogP contribution in [0.1, 0.15) is 50.9 Å². The number of thioether (sulfide) groups is 1. The number of rotatable bonds is 9. The van der Waals surface area contributed by atoms with Crippen molar-refractivity contribution in [3.8, 4) is 0 Å². The Morgan fingerprint density at radius 2 is 2.20 bits per heavy atom. The van der Waals surface area contributed by atoms with Gasteiger partial charge >= 0.3 is 0 Å². The van der Waals surface area contributed by atoms with Gasteiger partial charge in [0.15, 0.2) is 11.1 Å². The van der Waals surface area contributed by atoms with E-state index in [1.807, 2.05) is 17.9 Å². The summed E-state index contributed by atoms with van der Waals surface area (Å²) in [5, 5.41) is 17.6. The van der Waals surface area contributed by atoms with Gasteiger partial charge in [-0.1, -0.05) is 25.6 Å². The second-order valence-corrected chi connectivity index (χ2v) is 9.10.